The van der Waals surface area contributed by atoms with Crippen LogP contribution in [0.25, 0.3) is 10.9 Å². The number of aromatic nitrogens is 2. The highest BCUT2D eigenvalue weighted by atomic mass is 35.5. The second-order valence-electron chi connectivity index (χ2n) is 9.56. The van der Waals surface area contributed by atoms with Crippen molar-refractivity contribution in [3.8, 4) is 0 Å². The van der Waals surface area contributed by atoms with E-state index >= 15 is 0 Å². The van der Waals surface area contributed by atoms with Crippen LogP contribution in [0.5, 0.6) is 0 Å². The van der Waals surface area contributed by atoms with Gasteiger partial charge in [-0.2, -0.15) is 5.10 Å². The summed E-state index contributed by atoms with van der Waals surface area (Å²) in [5.41, 5.74) is 3.40. The first-order chi connectivity index (χ1) is 17.3. The fraction of sp³-hybridized carbons (Fsp3) is 0.444. The normalized spacial score (nSPS) is 14.5. The molecule has 4 rings (SSSR count). The highest BCUT2D eigenvalue weighted by molar-refractivity contribution is 6.30. The minimum Gasteiger partial charge on any atom is -0.379 e. The molecule has 3 aromatic rings. The van der Waals surface area contributed by atoms with Crippen molar-refractivity contribution in [3.63, 3.8) is 0 Å². The van der Waals surface area contributed by atoms with E-state index in [0.29, 0.717) is 23.6 Å². The van der Waals surface area contributed by atoms with Crippen molar-refractivity contribution in [2.45, 2.75) is 25.9 Å². The lowest BCUT2D eigenvalue weighted by Crippen LogP contribution is -2.35. The van der Waals surface area contributed by atoms with E-state index < -0.39 is 5.91 Å². The zero-order valence-corrected chi connectivity index (χ0v) is 22.0. The monoisotopic (exact) mass is 511 g/mol. The lowest BCUT2D eigenvalue weighted by atomic mass is 10.00. The van der Waals surface area contributed by atoms with Gasteiger partial charge in [-0.15, -0.1) is 0 Å². The fourth-order valence-electron chi connectivity index (χ4n) is 4.59. The number of hydrogen-bond acceptors (Lipinski definition) is 6. The van der Waals surface area contributed by atoms with Crippen molar-refractivity contribution in [2.24, 2.45) is 7.05 Å². The molecule has 36 heavy (non-hydrogen) atoms. The molecule has 2 heterocycles. The average molecular weight is 512 g/mol. The molecule has 0 spiro atoms. The molecule has 1 aliphatic heterocycles. The van der Waals surface area contributed by atoms with Gasteiger partial charge < -0.3 is 15.0 Å². The first-order valence-corrected chi connectivity index (χ1v) is 12.7. The van der Waals surface area contributed by atoms with E-state index in [0.717, 1.165) is 61.2 Å². The number of carbonyl (C=O) groups is 1. The molecule has 0 saturated carbocycles. The topological polar surface area (TPSA) is 79.7 Å². The van der Waals surface area contributed by atoms with E-state index in [4.69, 9.17) is 16.3 Å². The molecule has 0 aliphatic carbocycles. The molecular formula is C27H34ClN5O3. The van der Waals surface area contributed by atoms with Gasteiger partial charge in [0.2, 0.25) is 5.43 Å². The third-order valence-electron chi connectivity index (χ3n) is 6.42. The van der Waals surface area contributed by atoms with Crippen LogP contribution in [0.3, 0.4) is 0 Å². The Labute approximate surface area is 216 Å². The number of aryl methyl sites for hydroxylation is 2. The predicted octanol–water partition coefficient (Wildman–Crippen LogP) is 2.84. The van der Waals surface area contributed by atoms with Crippen molar-refractivity contribution < 1.29 is 9.53 Å². The van der Waals surface area contributed by atoms with Crippen LogP contribution >= 0.6 is 11.6 Å². The highest BCUT2D eigenvalue weighted by Crippen LogP contribution is 2.22. The Morgan fingerprint density at radius 2 is 1.86 bits per heavy atom. The second kappa shape index (κ2) is 12.0. The van der Waals surface area contributed by atoms with Crippen molar-refractivity contribution in [3.05, 3.63) is 74.0 Å². The van der Waals surface area contributed by atoms with Gasteiger partial charge in [-0.1, -0.05) is 29.8 Å². The van der Waals surface area contributed by atoms with Gasteiger partial charge in [0.05, 0.1) is 24.1 Å². The Kier molecular flexibility index (Phi) is 8.74. The molecule has 0 bridgehead atoms. The first kappa shape index (κ1) is 26.3. The predicted molar refractivity (Wildman–Crippen MR) is 143 cm³/mol. The Morgan fingerprint density at radius 3 is 2.56 bits per heavy atom. The first-order valence-electron chi connectivity index (χ1n) is 12.3. The van der Waals surface area contributed by atoms with Gasteiger partial charge in [-0.05, 0) is 68.4 Å². The summed E-state index contributed by atoms with van der Waals surface area (Å²) in [6.45, 7) is 5.12. The molecule has 1 aliphatic rings. The number of halogens is 1. The summed E-state index contributed by atoms with van der Waals surface area (Å²) in [4.78, 5) is 31.0. The Morgan fingerprint density at radius 1 is 1.14 bits per heavy atom. The molecular weight excluding hydrogens is 478 g/mol. The molecule has 0 atom stereocenters. The van der Waals surface area contributed by atoms with E-state index in [2.05, 4.69) is 40.4 Å². The van der Waals surface area contributed by atoms with E-state index in [1.54, 1.807) is 23.9 Å². The van der Waals surface area contributed by atoms with E-state index in [1.807, 2.05) is 18.2 Å². The van der Waals surface area contributed by atoms with Gasteiger partial charge in [-0.25, -0.2) is 0 Å². The highest BCUT2D eigenvalue weighted by Gasteiger charge is 2.20. The summed E-state index contributed by atoms with van der Waals surface area (Å²) in [5, 5.41) is 8.40. The molecule has 2 aromatic carbocycles. The molecule has 0 unspecified atom stereocenters. The largest absolute Gasteiger partial charge is 0.379 e. The molecule has 192 valence electrons. The van der Waals surface area contributed by atoms with Crippen molar-refractivity contribution in [1.29, 1.82) is 0 Å². The number of rotatable bonds is 9. The molecule has 0 radical (unpaired) electrons. The van der Waals surface area contributed by atoms with Crippen LogP contribution in [0, 0.1) is 0 Å². The lowest BCUT2D eigenvalue weighted by Gasteiger charge is -2.27. The van der Waals surface area contributed by atoms with Gasteiger partial charge in [0.25, 0.3) is 5.91 Å². The number of fused-ring (bicyclic) bond motifs is 1. The summed E-state index contributed by atoms with van der Waals surface area (Å²) >= 11 is 5.94. The molecule has 1 aromatic heterocycles. The number of nitrogens with one attached hydrogen (secondary N) is 1. The minimum absolute atomic E-state index is 0.0956. The summed E-state index contributed by atoms with van der Waals surface area (Å²) in [7, 11) is 5.91. The number of amides is 1. The maximum Gasteiger partial charge on any atom is 0.276 e. The summed E-state index contributed by atoms with van der Waals surface area (Å²) in [6.07, 6.45) is 1.78. The second-order valence-corrected chi connectivity index (χ2v) is 9.99. The Hall–Kier alpha value is -2.78. The van der Waals surface area contributed by atoms with Gasteiger partial charge in [0, 0.05) is 38.2 Å². The number of hydrogen-bond donors (Lipinski definition) is 1. The van der Waals surface area contributed by atoms with Crippen LogP contribution in [0.15, 0.2) is 41.2 Å². The number of carbonyl (C=O) groups excluding carboxylic acids is 1. The zero-order valence-electron chi connectivity index (χ0n) is 21.2. The molecule has 8 nitrogen and oxygen atoms in total. The number of benzene rings is 2. The molecule has 9 heteroatoms. The number of morpholine rings is 1. The Balaban J connectivity index is 1.67. The minimum atomic E-state index is -0.486. The summed E-state index contributed by atoms with van der Waals surface area (Å²) in [5.74, 6) is -0.486. The van der Waals surface area contributed by atoms with Gasteiger partial charge in [-0.3, -0.25) is 19.2 Å². The van der Waals surface area contributed by atoms with Crippen molar-refractivity contribution >= 4 is 28.4 Å². The van der Waals surface area contributed by atoms with Crippen molar-refractivity contribution in [2.75, 3.05) is 46.9 Å². The number of ether oxygens (including phenoxy) is 1. The van der Waals surface area contributed by atoms with Crippen LogP contribution < -0.4 is 10.7 Å². The summed E-state index contributed by atoms with van der Waals surface area (Å²) in [6, 6.07) is 11.3. The van der Waals surface area contributed by atoms with E-state index in [-0.39, 0.29) is 17.7 Å². The molecule has 1 N–H and O–H groups in total. The third-order valence-corrected chi connectivity index (χ3v) is 6.68. The maximum atomic E-state index is 13.6. The zero-order chi connectivity index (χ0) is 25.7. The standard InChI is InChI=1S/C27H34ClN5O3/c1-31(2)10-4-5-21-15-20(18-33-11-13-36-14-12-33)16-23-25(21)32(3)30-24(26(23)34)27(35)29-17-19-6-8-22(28)9-7-19/h6-9,15-16H,4-5,10-14,17-18H2,1-3H3,(H,29,35). The van der Waals surface area contributed by atoms with Gasteiger partial charge in [0.1, 0.15) is 0 Å². The van der Waals surface area contributed by atoms with Gasteiger partial charge >= 0.3 is 0 Å². The smallest absolute Gasteiger partial charge is 0.276 e. The van der Waals surface area contributed by atoms with Crippen LogP contribution in [-0.2, 0) is 31.3 Å². The van der Waals surface area contributed by atoms with E-state index in [9.17, 15) is 9.59 Å². The SMILES string of the molecule is CN(C)CCCc1cc(CN2CCOCC2)cc2c(=O)c(C(=O)NCc3ccc(Cl)cc3)nn(C)c12. The number of nitrogens with zero attached hydrogens (tertiary/aromatic N) is 4. The fourth-order valence-corrected chi connectivity index (χ4v) is 4.72. The van der Waals surface area contributed by atoms with Gasteiger partial charge in [0.15, 0.2) is 5.69 Å². The third kappa shape index (κ3) is 6.50. The maximum absolute atomic E-state index is 13.6. The molecule has 1 saturated heterocycles. The molecule has 1 amide bonds. The lowest BCUT2D eigenvalue weighted by molar-refractivity contribution is 0.0342. The van der Waals surface area contributed by atoms with Crippen LogP contribution in [-0.4, -0.2) is 72.4 Å². The van der Waals surface area contributed by atoms with Crippen LogP contribution in [0.1, 0.15) is 33.6 Å². The molecule has 1 fully saturated rings. The van der Waals surface area contributed by atoms with Crippen LogP contribution in [0.4, 0.5) is 0 Å². The van der Waals surface area contributed by atoms with Crippen molar-refractivity contribution in [1.82, 2.24) is 24.9 Å². The quantitative estimate of drug-likeness (QED) is 0.476. The van der Waals surface area contributed by atoms with Crippen LogP contribution in [0.2, 0.25) is 5.02 Å². The van der Waals surface area contributed by atoms with E-state index in [1.165, 1.54) is 0 Å². The average Bonchev–Trinajstić information content (AvgIpc) is 2.86. The Bertz CT molecular complexity index is 1270. The summed E-state index contributed by atoms with van der Waals surface area (Å²) < 4.78 is 7.16.